The van der Waals surface area contributed by atoms with Crippen LogP contribution in [0.5, 0.6) is 0 Å². The van der Waals surface area contributed by atoms with Crippen molar-refractivity contribution in [2.75, 3.05) is 4.90 Å². The highest BCUT2D eigenvalue weighted by Crippen LogP contribution is 2.32. The molecule has 0 saturated carbocycles. The highest BCUT2D eigenvalue weighted by Gasteiger charge is 2.30. The molecule has 0 radical (unpaired) electrons. The van der Waals surface area contributed by atoms with Crippen LogP contribution in [0.2, 0.25) is 0 Å². The second-order valence-electron chi connectivity index (χ2n) is 6.57. The van der Waals surface area contributed by atoms with E-state index in [4.69, 9.17) is 4.98 Å². The number of anilines is 1. The van der Waals surface area contributed by atoms with Crippen molar-refractivity contribution in [3.63, 3.8) is 0 Å². The lowest BCUT2D eigenvalue weighted by Gasteiger charge is -2.15. The molecule has 120 valence electrons. The lowest BCUT2D eigenvalue weighted by molar-refractivity contribution is 0.0996. The minimum absolute atomic E-state index is 0.0307. The summed E-state index contributed by atoms with van der Waals surface area (Å²) in [6.45, 7) is 2.56. The molecular formula is C22H16N2O. The third-order valence-electron chi connectivity index (χ3n) is 4.89. The summed E-state index contributed by atoms with van der Waals surface area (Å²) in [5.41, 5.74) is 4.61. The van der Waals surface area contributed by atoms with Gasteiger partial charge >= 0.3 is 0 Å². The Morgan fingerprint density at radius 3 is 2.64 bits per heavy atom. The largest absolute Gasteiger partial charge is 0.302 e. The fourth-order valence-electron chi connectivity index (χ4n) is 3.62. The average molecular weight is 324 g/mol. The van der Waals surface area contributed by atoms with Gasteiger partial charge in [0.05, 0.1) is 23.3 Å². The van der Waals surface area contributed by atoms with Crippen LogP contribution in [-0.2, 0) is 6.54 Å². The lowest BCUT2D eigenvalue weighted by Crippen LogP contribution is -2.22. The number of hydrogen-bond donors (Lipinski definition) is 0. The Hall–Kier alpha value is -3.20. The first-order chi connectivity index (χ1) is 12.2. The van der Waals surface area contributed by atoms with E-state index < -0.39 is 0 Å². The minimum atomic E-state index is 0.0307. The van der Waals surface area contributed by atoms with Gasteiger partial charge in [-0.1, -0.05) is 48.5 Å². The van der Waals surface area contributed by atoms with Crippen LogP contribution < -0.4 is 4.90 Å². The molecule has 0 unspecified atom stereocenters. The van der Waals surface area contributed by atoms with Gasteiger partial charge in [-0.05, 0) is 36.1 Å². The third-order valence-corrected chi connectivity index (χ3v) is 4.89. The number of aromatic nitrogens is 1. The summed E-state index contributed by atoms with van der Waals surface area (Å²) >= 11 is 0. The molecule has 0 aliphatic carbocycles. The zero-order chi connectivity index (χ0) is 17.0. The van der Waals surface area contributed by atoms with Gasteiger partial charge < -0.3 is 4.90 Å². The molecule has 3 nitrogen and oxygen atoms in total. The average Bonchev–Trinajstić information content (AvgIpc) is 2.96. The highest BCUT2D eigenvalue weighted by molar-refractivity contribution is 6.13. The van der Waals surface area contributed by atoms with Gasteiger partial charge in [-0.2, -0.15) is 0 Å². The van der Waals surface area contributed by atoms with Gasteiger partial charge in [0.1, 0.15) is 0 Å². The third kappa shape index (κ3) is 2.13. The molecular weight excluding hydrogens is 308 g/mol. The van der Waals surface area contributed by atoms with Crippen LogP contribution in [-0.4, -0.2) is 10.9 Å². The first-order valence-corrected chi connectivity index (χ1v) is 8.41. The van der Waals surface area contributed by atoms with E-state index in [0.29, 0.717) is 12.1 Å². The summed E-state index contributed by atoms with van der Waals surface area (Å²) in [6.07, 6.45) is 0. The van der Waals surface area contributed by atoms with Crippen LogP contribution in [0.15, 0.2) is 66.7 Å². The summed E-state index contributed by atoms with van der Waals surface area (Å²) in [5.74, 6) is 0.0307. The van der Waals surface area contributed by atoms with Crippen molar-refractivity contribution < 1.29 is 4.79 Å². The van der Waals surface area contributed by atoms with Crippen LogP contribution in [0.4, 0.5) is 5.69 Å². The highest BCUT2D eigenvalue weighted by atomic mass is 16.2. The van der Waals surface area contributed by atoms with Crippen LogP contribution in [0.25, 0.3) is 21.7 Å². The van der Waals surface area contributed by atoms with E-state index in [0.717, 1.165) is 33.2 Å². The van der Waals surface area contributed by atoms with Crippen molar-refractivity contribution in [2.45, 2.75) is 13.5 Å². The van der Waals surface area contributed by atoms with Crippen molar-refractivity contribution in [3.05, 3.63) is 83.6 Å². The molecule has 4 aromatic rings. The van der Waals surface area contributed by atoms with Gasteiger partial charge in [0.2, 0.25) is 0 Å². The van der Waals surface area contributed by atoms with E-state index in [1.807, 2.05) is 60.4 Å². The first kappa shape index (κ1) is 14.2. The number of hydrogen-bond acceptors (Lipinski definition) is 2. The number of nitrogens with zero attached hydrogens (tertiary/aromatic N) is 2. The summed E-state index contributed by atoms with van der Waals surface area (Å²) in [5, 5.41) is 3.31. The maximum Gasteiger partial charge on any atom is 0.260 e. The zero-order valence-corrected chi connectivity index (χ0v) is 13.9. The van der Waals surface area contributed by atoms with Gasteiger partial charge in [-0.15, -0.1) is 0 Å². The van der Waals surface area contributed by atoms with Crippen LogP contribution >= 0.6 is 0 Å². The predicted octanol–water partition coefficient (Wildman–Crippen LogP) is 4.86. The Balaban J connectivity index is 1.69. The molecule has 0 fully saturated rings. The summed E-state index contributed by atoms with van der Waals surface area (Å²) in [7, 11) is 0. The standard InChI is InChI=1S/C22H16N2O/c1-14-5-4-7-17(11-14)24-13-20-19(22(24)25)12-16-10-9-15-6-2-3-8-18(15)21(16)23-20/h2-12H,13H2,1H3. The first-order valence-electron chi connectivity index (χ1n) is 8.41. The SMILES string of the molecule is Cc1cccc(N2Cc3nc4c(ccc5ccccc54)cc3C2=O)c1. The number of carbonyl (C=O) groups is 1. The Morgan fingerprint density at radius 2 is 1.76 bits per heavy atom. The molecule has 5 rings (SSSR count). The number of aryl methyl sites for hydroxylation is 1. The van der Waals surface area contributed by atoms with Crippen molar-refractivity contribution >= 4 is 33.3 Å². The monoisotopic (exact) mass is 324 g/mol. The zero-order valence-electron chi connectivity index (χ0n) is 13.9. The van der Waals surface area contributed by atoms with Gasteiger partial charge in [-0.3, -0.25) is 4.79 Å². The smallest absolute Gasteiger partial charge is 0.260 e. The molecule has 0 saturated heterocycles. The van der Waals surface area contributed by atoms with E-state index in [1.165, 1.54) is 5.39 Å². The van der Waals surface area contributed by atoms with Crippen LogP contribution in [0, 0.1) is 6.92 Å². The molecule has 0 bridgehead atoms. The summed E-state index contributed by atoms with van der Waals surface area (Å²) < 4.78 is 0. The molecule has 2 heterocycles. The van der Waals surface area contributed by atoms with Crippen molar-refractivity contribution in [1.29, 1.82) is 0 Å². The maximum atomic E-state index is 12.9. The Labute approximate surface area is 145 Å². The minimum Gasteiger partial charge on any atom is -0.302 e. The molecule has 3 heteroatoms. The van der Waals surface area contributed by atoms with Crippen molar-refractivity contribution in [2.24, 2.45) is 0 Å². The molecule has 0 atom stereocenters. The summed E-state index contributed by atoms with van der Waals surface area (Å²) in [4.78, 5) is 19.6. The fraction of sp³-hybridized carbons (Fsp3) is 0.0909. The molecule has 1 amide bonds. The topological polar surface area (TPSA) is 33.2 Å². The second kappa shape index (κ2) is 5.15. The number of fused-ring (bicyclic) bond motifs is 4. The van der Waals surface area contributed by atoms with E-state index >= 15 is 0 Å². The normalized spacial score (nSPS) is 13.6. The molecule has 1 aromatic heterocycles. The summed E-state index contributed by atoms with van der Waals surface area (Å²) in [6, 6.07) is 22.4. The quantitative estimate of drug-likeness (QED) is 0.469. The van der Waals surface area contributed by atoms with Gasteiger partial charge in [0, 0.05) is 16.5 Å². The van der Waals surface area contributed by atoms with E-state index in [9.17, 15) is 4.79 Å². The number of amides is 1. The maximum absolute atomic E-state index is 12.9. The molecule has 1 aliphatic heterocycles. The molecule has 25 heavy (non-hydrogen) atoms. The molecule has 1 aliphatic rings. The number of pyridine rings is 1. The van der Waals surface area contributed by atoms with Crippen molar-refractivity contribution in [3.8, 4) is 0 Å². The van der Waals surface area contributed by atoms with Crippen molar-refractivity contribution in [1.82, 2.24) is 4.98 Å². The van der Waals surface area contributed by atoms with Gasteiger partial charge in [0.15, 0.2) is 0 Å². The second-order valence-corrected chi connectivity index (χ2v) is 6.57. The van der Waals surface area contributed by atoms with E-state index in [-0.39, 0.29) is 5.91 Å². The van der Waals surface area contributed by atoms with Crippen LogP contribution in [0.3, 0.4) is 0 Å². The Kier molecular flexibility index (Phi) is 2.92. The number of carbonyl (C=O) groups excluding carboxylic acids is 1. The lowest BCUT2D eigenvalue weighted by atomic mass is 10.0. The van der Waals surface area contributed by atoms with E-state index in [1.54, 1.807) is 0 Å². The van der Waals surface area contributed by atoms with E-state index in [2.05, 4.69) is 18.2 Å². The van der Waals surface area contributed by atoms with Crippen LogP contribution in [0.1, 0.15) is 21.6 Å². The Bertz CT molecular complexity index is 1160. The van der Waals surface area contributed by atoms with Gasteiger partial charge in [-0.25, -0.2) is 4.98 Å². The molecule has 0 spiro atoms. The molecule has 3 aromatic carbocycles. The van der Waals surface area contributed by atoms with Gasteiger partial charge in [0.25, 0.3) is 5.91 Å². The fourth-order valence-corrected chi connectivity index (χ4v) is 3.62. The molecule has 0 N–H and O–H groups in total. The predicted molar refractivity (Wildman–Crippen MR) is 101 cm³/mol. The number of rotatable bonds is 1. The number of benzene rings is 3. The Morgan fingerprint density at radius 1 is 0.920 bits per heavy atom.